The highest BCUT2D eigenvalue weighted by atomic mass is 16.1. The zero-order valence-corrected chi connectivity index (χ0v) is 27.0. The van der Waals surface area contributed by atoms with Crippen molar-refractivity contribution in [3.63, 3.8) is 0 Å². The highest BCUT2D eigenvalue weighted by molar-refractivity contribution is 6.06. The summed E-state index contributed by atoms with van der Waals surface area (Å²) in [6.45, 7) is 6.09. The van der Waals surface area contributed by atoms with Gasteiger partial charge in [0.2, 0.25) is 0 Å². The minimum atomic E-state index is 0.0509. The van der Waals surface area contributed by atoms with E-state index in [1.807, 2.05) is 36.4 Å². The smallest absolute Gasteiger partial charge is 0.185 e. The van der Waals surface area contributed by atoms with Gasteiger partial charge in [-0.05, 0) is 60.9 Å². The largest absolute Gasteiger partial charge is 0.289 e. The van der Waals surface area contributed by atoms with Crippen LogP contribution in [0.15, 0.2) is 91.5 Å². The van der Waals surface area contributed by atoms with Gasteiger partial charge in [0.15, 0.2) is 5.78 Å². The molecule has 0 heterocycles. The van der Waals surface area contributed by atoms with E-state index >= 15 is 0 Å². The highest BCUT2D eigenvalue weighted by Crippen LogP contribution is 2.17. The van der Waals surface area contributed by atoms with E-state index in [1.165, 1.54) is 126 Å². The first kappa shape index (κ1) is 34.3. The summed E-state index contributed by atoms with van der Waals surface area (Å²) < 4.78 is 0. The molecule has 0 aliphatic carbocycles. The number of aryl methyl sites for hydroxylation is 2. The van der Waals surface area contributed by atoms with Crippen molar-refractivity contribution in [2.24, 2.45) is 0 Å². The van der Waals surface area contributed by atoms with Gasteiger partial charge in [-0.25, -0.2) is 0 Å². The molecule has 0 radical (unpaired) electrons. The van der Waals surface area contributed by atoms with E-state index in [0.717, 1.165) is 23.1 Å². The number of benzene rings is 3. The number of hydrogen-bond acceptors (Lipinski definition) is 1. The third-order valence-corrected chi connectivity index (χ3v) is 8.59. The Morgan fingerprint density at radius 2 is 0.907 bits per heavy atom. The molecule has 230 valence electrons. The van der Waals surface area contributed by atoms with Crippen LogP contribution < -0.4 is 0 Å². The van der Waals surface area contributed by atoms with Crippen molar-refractivity contribution >= 4 is 17.4 Å². The fourth-order valence-corrected chi connectivity index (χ4v) is 5.76. The fourth-order valence-electron chi connectivity index (χ4n) is 5.76. The topological polar surface area (TPSA) is 17.1 Å². The van der Waals surface area contributed by atoms with Crippen molar-refractivity contribution < 1.29 is 4.79 Å². The molecule has 0 atom stereocenters. The van der Waals surface area contributed by atoms with Crippen molar-refractivity contribution in [3.8, 4) is 0 Å². The molecule has 0 spiro atoms. The van der Waals surface area contributed by atoms with Crippen molar-refractivity contribution in [1.82, 2.24) is 0 Å². The lowest BCUT2D eigenvalue weighted by atomic mass is 10.0. The first-order valence-electron chi connectivity index (χ1n) is 17.2. The predicted octanol–water partition coefficient (Wildman–Crippen LogP) is 12.6. The van der Waals surface area contributed by atoms with Gasteiger partial charge in [-0.2, -0.15) is 0 Å². The molecule has 43 heavy (non-hydrogen) atoms. The number of carbonyl (C=O) groups excluding carboxylic acids is 1. The zero-order chi connectivity index (χ0) is 30.4. The van der Waals surface area contributed by atoms with Crippen LogP contribution in [0.3, 0.4) is 0 Å². The molecule has 3 aromatic carbocycles. The Labute approximate surface area is 263 Å². The normalized spacial score (nSPS) is 11.3. The van der Waals surface area contributed by atoms with E-state index in [2.05, 4.69) is 62.0 Å². The van der Waals surface area contributed by atoms with Gasteiger partial charge >= 0.3 is 0 Å². The molecular weight excluding hydrogens is 520 g/mol. The summed E-state index contributed by atoms with van der Waals surface area (Å²) in [5.74, 6) is 0.0509. The van der Waals surface area contributed by atoms with E-state index in [-0.39, 0.29) is 5.78 Å². The summed E-state index contributed by atoms with van der Waals surface area (Å²) >= 11 is 0. The van der Waals surface area contributed by atoms with Crippen LogP contribution >= 0.6 is 0 Å². The van der Waals surface area contributed by atoms with Crippen LogP contribution in [0, 0.1) is 0 Å². The van der Waals surface area contributed by atoms with Crippen LogP contribution in [0.5, 0.6) is 0 Å². The van der Waals surface area contributed by atoms with E-state index in [4.69, 9.17) is 0 Å². The van der Waals surface area contributed by atoms with E-state index in [9.17, 15) is 4.79 Å². The van der Waals surface area contributed by atoms with Crippen molar-refractivity contribution in [1.29, 1.82) is 0 Å². The summed E-state index contributed by atoms with van der Waals surface area (Å²) in [7, 11) is 0. The average Bonchev–Trinajstić information content (AvgIpc) is 3.04. The molecule has 1 heteroatoms. The Kier molecular flexibility index (Phi) is 17.1. The number of rotatable bonds is 23. The van der Waals surface area contributed by atoms with Crippen molar-refractivity contribution in [2.45, 2.75) is 122 Å². The number of ketones is 1. The molecule has 0 aliphatic rings. The average molecular weight is 577 g/mol. The molecular formula is C42H56O. The lowest BCUT2D eigenvalue weighted by Crippen LogP contribution is -1.92. The van der Waals surface area contributed by atoms with Crippen LogP contribution in [-0.2, 0) is 12.8 Å². The molecule has 0 saturated heterocycles. The summed E-state index contributed by atoms with van der Waals surface area (Å²) in [4.78, 5) is 12.2. The van der Waals surface area contributed by atoms with E-state index in [1.54, 1.807) is 6.08 Å². The molecule has 0 bridgehead atoms. The molecule has 3 aromatic rings. The Bertz CT molecular complexity index is 1180. The standard InChI is InChI=1S/C42H56O/c1-36(2)40-33-30-38(31-34-40)23-19-16-14-12-10-8-6-4-3-5-7-9-11-13-15-18-22-37-26-28-39(29-27-37)32-35-42(43)41-24-20-17-21-25-41/h17,20-21,24-35H,1,3-16,18-19,22-23H2,2H3/b35-32+. The molecule has 0 aromatic heterocycles. The van der Waals surface area contributed by atoms with Crippen LogP contribution in [0.4, 0.5) is 0 Å². The molecule has 0 N–H and O–H groups in total. The van der Waals surface area contributed by atoms with Crippen LogP contribution in [0.25, 0.3) is 11.6 Å². The second kappa shape index (κ2) is 21.5. The maximum absolute atomic E-state index is 12.2. The lowest BCUT2D eigenvalue weighted by Gasteiger charge is -2.05. The van der Waals surface area contributed by atoms with E-state index < -0.39 is 0 Å². The van der Waals surface area contributed by atoms with E-state index in [0.29, 0.717) is 0 Å². The number of unbranched alkanes of at least 4 members (excludes halogenated alkanes) is 15. The predicted molar refractivity (Wildman–Crippen MR) is 189 cm³/mol. The minimum Gasteiger partial charge on any atom is -0.289 e. The molecule has 0 unspecified atom stereocenters. The van der Waals surface area contributed by atoms with Gasteiger partial charge in [0, 0.05) is 5.56 Å². The van der Waals surface area contributed by atoms with Crippen LogP contribution in [0.1, 0.15) is 142 Å². The Morgan fingerprint density at radius 3 is 1.33 bits per heavy atom. The highest BCUT2D eigenvalue weighted by Gasteiger charge is 2.01. The fraction of sp³-hybridized carbons (Fsp3) is 0.452. The van der Waals surface area contributed by atoms with Gasteiger partial charge in [0.25, 0.3) is 0 Å². The van der Waals surface area contributed by atoms with Gasteiger partial charge in [0.1, 0.15) is 0 Å². The number of allylic oxidation sites excluding steroid dienone is 2. The lowest BCUT2D eigenvalue weighted by molar-refractivity contribution is 0.104. The van der Waals surface area contributed by atoms with Gasteiger partial charge in [-0.1, -0.05) is 187 Å². The first-order valence-corrected chi connectivity index (χ1v) is 17.2. The Morgan fingerprint density at radius 1 is 0.512 bits per heavy atom. The molecule has 0 amide bonds. The quantitative estimate of drug-likeness (QED) is 0.0623. The van der Waals surface area contributed by atoms with Gasteiger partial charge in [-0.3, -0.25) is 4.79 Å². The summed E-state index contributed by atoms with van der Waals surface area (Å²) in [5, 5.41) is 0. The van der Waals surface area contributed by atoms with Crippen molar-refractivity contribution in [2.75, 3.05) is 0 Å². The van der Waals surface area contributed by atoms with Crippen LogP contribution in [-0.4, -0.2) is 5.78 Å². The van der Waals surface area contributed by atoms with Crippen LogP contribution in [0.2, 0.25) is 0 Å². The maximum Gasteiger partial charge on any atom is 0.185 e. The first-order chi connectivity index (χ1) is 21.1. The second-order valence-electron chi connectivity index (χ2n) is 12.4. The summed E-state index contributed by atoms with van der Waals surface area (Å²) in [5.41, 5.74) is 7.08. The molecule has 0 saturated carbocycles. The molecule has 0 aliphatic heterocycles. The van der Waals surface area contributed by atoms with Gasteiger partial charge < -0.3 is 0 Å². The van der Waals surface area contributed by atoms with Crippen molar-refractivity contribution in [3.05, 3.63) is 119 Å². The van der Waals surface area contributed by atoms with Gasteiger partial charge in [-0.15, -0.1) is 0 Å². The monoisotopic (exact) mass is 576 g/mol. The van der Waals surface area contributed by atoms with Gasteiger partial charge in [0.05, 0.1) is 0 Å². The number of carbonyl (C=O) groups is 1. The molecule has 3 rings (SSSR count). The zero-order valence-electron chi connectivity index (χ0n) is 27.0. The third kappa shape index (κ3) is 15.2. The summed E-state index contributed by atoms with van der Waals surface area (Å²) in [6.07, 6.45) is 28.2. The third-order valence-electron chi connectivity index (χ3n) is 8.59. The molecule has 1 nitrogen and oxygen atoms in total. The summed E-state index contributed by atoms with van der Waals surface area (Å²) in [6, 6.07) is 27.1. The Balaban J connectivity index is 1.06. The minimum absolute atomic E-state index is 0.0509. The Hall–Kier alpha value is -3.19. The maximum atomic E-state index is 12.2. The second-order valence-corrected chi connectivity index (χ2v) is 12.4. The molecule has 0 fully saturated rings. The number of hydrogen-bond donors (Lipinski definition) is 0. The SMILES string of the molecule is C=C(C)c1ccc(CCCCCCCCCCCCCCCCCCc2ccc(/C=C/C(=O)c3ccccc3)cc2)cc1.